The normalized spacial score (nSPS) is 18.4. The Hall–Kier alpha value is -2.57. The van der Waals surface area contributed by atoms with Crippen LogP contribution in [-0.4, -0.2) is 64.5 Å². The zero-order valence-electron chi connectivity index (χ0n) is 16.3. The van der Waals surface area contributed by atoms with E-state index >= 15 is 0 Å². The molecule has 2 amide bonds. The second-order valence-electron chi connectivity index (χ2n) is 7.56. The number of para-hydroxylation sites is 1. The van der Waals surface area contributed by atoms with E-state index in [2.05, 4.69) is 0 Å². The van der Waals surface area contributed by atoms with Crippen LogP contribution in [0.3, 0.4) is 0 Å². The number of likely N-dealkylation sites (tertiary alicyclic amines) is 1. The number of piperidine rings is 1. The van der Waals surface area contributed by atoms with Gasteiger partial charge in [0.25, 0.3) is 0 Å². The van der Waals surface area contributed by atoms with Gasteiger partial charge in [-0.1, -0.05) is 18.2 Å². The fourth-order valence-electron chi connectivity index (χ4n) is 3.68. The van der Waals surface area contributed by atoms with Crippen LogP contribution in [0.1, 0.15) is 39.0 Å². The average molecular weight is 388 g/mol. The Balaban J connectivity index is 1.45. The summed E-state index contributed by atoms with van der Waals surface area (Å²) in [7, 11) is 0. The number of carboxylic acid groups (broad SMARTS) is 1. The lowest BCUT2D eigenvalue weighted by atomic mass is 9.94. The molecule has 28 heavy (non-hydrogen) atoms. The molecule has 1 N–H and O–H groups in total. The number of carbonyl (C=O) groups excluding carboxylic acids is 2. The predicted octanol–water partition coefficient (Wildman–Crippen LogP) is 2.16. The second-order valence-corrected chi connectivity index (χ2v) is 7.56. The molecule has 0 spiro atoms. The van der Waals surface area contributed by atoms with E-state index in [0.717, 1.165) is 18.6 Å². The Bertz CT molecular complexity index is 696. The van der Waals surface area contributed by atoms with Crippen molar-refractivity contribution < 1.29 is 24.2 Å². The van der Waals surface area contributed by atoms with E-state index in [1.54, 1.807) is 16.7 Å². The van der Waals surface area contributed by atoms with Crippen LogP contribution in [0.2, 0.25) is 0 Å². The van der Waals surface area contributed by atoms with Crippen molar-refractivity contribution in [1.82, 2.24) is 9.80 Å². The number of rotatable bonds is 8. The molecule has 1 unspecified atom stereocenters. The lowest BCUT2D eigenvalue weighted by Gasteiger charge is -2.35. The first-order valence-corrected chi connectivity index (χ1v) is 9.98. The number of carbonyl (C=O) groups is 3. The predicted molar refractivity (Wildman–Crippen MR) is 103 cm³/mol. The Labute approximate surface area is 165 Å². The first-order chi connectivity index (χ1) is 13.5. The highest BCUT2D eigenvalue weighted by atomic mass is 16.5. The Morgan fingerprint density at radius 3 is 2.36 bits per heavy atom. The average Bonchev–Trinajstić information content (AvgIpc) is 3.54. The zero-order chi connectivity index (χ0) is 20.1. The highest BCUT2D eigenvalue weighted by Crippen LogP contribution is 2.32. The Morgan fingerprint density at radius 2 is 1.79 bits per heavy atom. The van der Waals surface area contributed by atoms with E-state index in [4.69, 9.17) is 4.74 Å². The summed E-state index contributed by atoms with van der Waals surface area (Å²) in [4.78, 5) is 39.9. The molecule has 2 fully saturated rings. The van der Waals surface area contributed by atoms with Crippen LogP contribution in [0.25, 0.3) is 0 Å². The first kappa shape index (κ1) is 20.2. The molecule has 1 heterocycles. The standard InChI is InChI=1S/C21H28N2O5/c1-15(21(26)27)23(17-7-8-17)20(25)16-9-12-22(13-10-16)19(24)11-14-28-18-5-3-2-4-6-18/h2-6,15-17H,7-14H2,1H3,(H,26,27). The maximum atomic E-state index is 12.9. The molecule has 7 heteroatoms. The third kappa shape index (κ3) is 5.03. The number of hydrogen-bond donors (Lipinski definition) is 1. The third-order valence-corrected chi connectivity index (χ3v) is 5.49. The van der Waals surface area contributed by atoms with E-state index in [9.17, 15) is 19.5 Å². The molecule has 1 atom stereocenters. The molecule has 1 saturated carbocycles. The molecular formula is C21H28N2O5. The number of hydrogen-bond acceptors (Lipinski definition) is 4. The minimum absolute atomic E-state index is 0.0276. The van der Waals surface area contributed by atoms with Crippen LogP contribution in [0, 0.1) is 5.92 Å². The molecule has 7 nitrogen and oxygen atoms in total. The number of benzene rings is 1. The van der Waals surface area contributed by atoms with Crippen molar-refractivity contribution in [3.05, 3.63) is 30.3 Å². The van der Waals surface area contributed by atoms with E-state index in [1.165, 1.54) is 0 Å². The summed E-state index contributed by atoms with van der Waals surface area (Å²) in [6.07, 6.45) is 3.22. The van der Waals surface area contributed by atoms with E-state index in [1.807, 2.05) is 30.3 Å². The first-order valence-electron chi connectivity index (χ1n) is 9.98. The number of nitrogens with zero attached hydrogens (tertiary/aromatic N) is 2. The molecule has 1 aromatic rings. The van der Waals surface area contributed by atoms with Gasteiger partial charge in [0, 0.05) is 25.0 Å². The number of ether oxygens (including phenoxy) is 1. The fraction of sp³-hybridized carbons (Fsp3) is 0.571. The van der Waals surface area contributed by atoms with Crippen LogP contribution in [-0.2, 0) is 14.4 Å². The van der Waals surface area contributed by atoms with Crippen LogP contribution >= 0.6 is 0 Å². The Morgan fingerprint density at radius 1 is 1.14 bits per heavy atom. The van der Waals surface area contributed by atoms with E-state index < -0.39 is 12.0 Å². The zero-order valence-corrected chi connectivity index (χ0v) is 16.3. The molecular weight excluding hydrogens is 360 g/mol. The minimum Gasteiger partial charge on any atom is -0.493 e. The minimum atomic E-state index is -0.966. The van der Waals surface area contributed by atoms with Gasteiger partial charge in [0.1, 0.15) is 11.8 Å². The van der Waals surface area contributed by atoms with Gasteiger partial charge >= 0.3 is 5.97 Å². The van der Waals surface area contributed by atoms with Crippen molar-refractivity contribution in [2.45, 2.75) is 51.1 Å². The van der Waals surface area contributed by atoms with Gasteiger partial charge in [0.2, 0.25) is 11.8 Å². The van der Waals surface area contributed by atoms with Crippen molar-refractivity contribution >= 4 is 17.8 Å². The summed E-state index contributed by atoms with van der Waals surface area (Å²) >= 11 is 0. The number of amides is 2. The van der Waals surface area contributed by atoms with E-state index in [-0.39, 0.29) is 23.8 Å². The SMILES string of the molecule is CC(C(=O)O)N(C(=O)C1CCN(C(=O)CCOc2ccccc2)CC1)C1CC1. The van der Waals surface area contributed by atoms with Crippen LogP contribution in [0.5, 0.6) is 5.75 Å². The second kappa shape index (κ2) is 9.08. The summed E-state index contributed by atoms with van der Waals surface area (Å²) < 4.78 is 5.58. The summed E-state index contributed by atoms with van der Waals surface area (Å²) in [5.41, 5.74) is 0. The summed E-state index contributed by atoms with van der Waals surface area (Å²) in [5.74, 6) is -0.470. The van der Waals surface area contributed by atoms with E-state index in [0.29, 0.717) is 39.0 Å². The molecule has 2 aliphatic rings. The Kier molecular flexibility index (Phi) is 6.54. The van der Waals surface area contributed by atoms with Crippen molar-refractivity contribution in [1.29, 1.82) is 0 Å². The molecule has 3 rings (SSSR count). The molecule has 0 radical (unpaired) electrons. The largest absolute Gasteiger partial charge is 0.493 e. The monoisotopic (exact) mass is 388 g/mol. The van der Waals surface area contributed by atoms with Gasteiger partial charge in [-0.25, -0.2) is 4.79 Å². The van der Waals surface area contributed by atoms with Crippen LogP contribution < -0.4 is 4.74 Å². The third-order valence-electron chi connectivity index (χ3n) is 5.49. The quantitative estimate of drug-likeness (QED) is 0.737. The molecule has 1 aromatic carbocycles. The van der Waals surface area contributed by atoms with Gasteiger partial charge in [-0.05, 0) is 44.7 Å². The van der Waals surface area contributed by atoms with Crippen LogP contribution in [0.15, 0.2) is 30.3 Å². The highest BCUT2D eigenvalue weighted by molar-refractivity contribution is 5.86. The molecule has 1 aliphatic carbocycles. The smallest absolute Gasteiger partial charge is 0.326 e. The lowest BCUT2D eigenvalue weighted by Crippen LogP contribution is -2.50. The van der Waals surface area contributed by atoms with Crippen LogP contribution in [0.4, 0.5) is 0 Å². The summed E-state index contributed by atoms with van der Waals surface area (Å²) in [6.45, 7) is 2.96. The maximum Gasteiger partial charge on any atom is 0.326 e. The summed E-state index contributed by atoms with van der Waals surface area (Å²) in [5, 5.41) is 9.30. The maximum absolute atomic E-state index is 12.9. The van der Waals surface area contributed by atoms with Gasteiger partial charge < -0.3 is 19.6 Å². The molecule has 0 bridgehead atoms. The fourth-order valence-corrected chi connectivity index (χ4v) is 3.68. The van der Waals surface area contributed by atoms with Gasteiger partial charge in [0.05, 0.1) is 13.0 Å². The van der Waals surface area contributed by atoms with Gasteiger partial charge in [-0.2, -0.15) is 0 Å². The number of aliphatic carboxylic acids is 1. The molecule has 1 saturated heterocycles. The van der Waals surface area contributed by atoms with Gasteiger partial charge in [-0.3, -0.25) is 9.59 Å². The lowest BCUT2D eigenvalue weighted by molar-refractivity contribution is -0.153. The van der Waals surface area contributed by atoms with Crippen molar-refractivity contribution in [3.8, 4) is 5.75 Å². The topological polar surface area (TPSA) is 87.2 Å². The summed E-state index contributed by atoms with van der Waals surface area (Å²) in [6, 6.07) is 8.65. The van der Waals surface area contributed by atoms with Gasteiger partial charge in [-0.15, -0.1) is 0 Å². The molecule has 0 aromatic heterocycles. The molecule has 1 aliphatic heterocycles. The van der Waals surface area contributed by atoms with Crippen molar-refractivity contribution in [3.63, 3.8) is 0 Å². The van der Waals surface area contributed by atoms with Crippen molar-refractivity contribution in [2.24, 2.45) is 5.92 Å². The molecule has 152 valence electrons. The van der Waals surface area contributed by atoms with Crippen molar-refractivity contribution in [2.75, 3.05) is 19.7 Å². The highest BCUT2D eigenvalue weighted by Gasteiger charge is 2.41. The van der Waals surface area contributed by atoms with Gasteiger partial charge in [0.15, 0.2) is 0 Å². The number of carboxylic acids is 1.